The van der Waals surface area contributed by atoms with E-state index in [0.717, 1.165) is 19.3 Å². The van der Waals surface area contributed by atoms with Gasteiger partial charge in [-0.2, -0.15) is 0 Å². The molecule has 100 valence electrons. The number of sulfonamides is 1. The van der Waals surface area contributed by atoms with Crippen molar-refractivity contribution in [1.82, 2.24) is 14.5 Å². The smallest absolute Gasteiger partial charge is 0.237 e. The zero-order valence-electron chi connectivity index (χ0n) is 10.6. The summed E-state index contributed by atoms with van der Waals surface area (Å²) in [4.78, 5) is 15.7. The Kier molecular flexibility index (Phi) is 4.91. The third-order valence-corrected chi connectivity index (χ3v) is 3.55. The van der Waals surface area contributed by atoms with Gasteiger partial charge in [-0.3, -0.25) is 9.69 Å². The van der Waals surface area contributed by atoms with Gasteiger partial charge in [0.2, 0.25) is 15.9 Å². The van der Waals surface area contributed by atoms with Gasteiger partial charge >= 0.3 is 0 Å². The summed E-state index contributed by atoms with van der Waals surface area (Å²) in [6.07, 6.45) is 1.05. The van der Waals surface area contributed by atoms with Crippen LogP contribution in [0.4, 0.5) is 0 Å². The van der Waals surface area contributed by atoms with Gasteiger partial charge in [0.15, 0.2) is 0 Å². The Morgan fingerprint density at radius 3 is 2.18 bits per heavy atom. The molecule has 0 bridgehead atoms. The van der Waals surface area contributed by atoms with Crippen molar-refractivity contribution in [2.45, 2.75) is 19.9 Å². The van der Waals surface area contributed by atoms with Crippen molar-refractivity contribution in [3.63, 3.8) is 0 Å². The summed E-state index contributed by atoms with van der Waals surface area (Å²) in [5.74, 6) is -0.154. The summed E-state index contributed by atoms with van der Waals surface area (Å²) in [5.41, 5.74) is 0. The molecular weight excluding hydrogens is 242 g/mol. The lowest BCUT2D eigenvalue weighted by Gasteiger charge is -2.36. The minimum atomic E-state index is -3.29. The number of hydrogen-bond acceptors (Lipinski definition) is 4. The second-order valence-electron chi connectivity index (χ2n) is 4.60. The second kappa shape index (κ2) is 5.79. The molecule has 7 heteroatoms. The fourth-order valence-electron chi connectivity index (χ4n) is 1.79. The van der Waals surface area contributed by atoms with E-state index in [1.807, 2.05) is 0 Å². The highest BCUT2D eigenvalue weighted by molar-refractivity contribution is 7.88. The number of carbonyl (C=O) groups is 1. The molecule has 1 N–H and O–H groups in total. The van der Waals surface area contributed by atoms with Crippen molar-refractivity contribution in [3.05, 3.63) is 0 Å². The SMILES string of the molecule is CC(C)N1CCN(C(=O)CNS(C)(=O)=O)CC1. The zero-order chi connectivity index (χ0) is 13.1. The average molecular weight is 263 g/mol. The van der Waals surface area contributed by atoms with Crippen LogP contribution in [-0.4, -0.2) is 69.1 Å². The number of hydrogen-bond donors (Lipinski definition) is 1. The molecule has 0 aromatic rings. The Hall–Kier alpha value is -0.660. The summed E-state index contributed by atoms with van der Waals surface area (Å²) in [6.45, 7) is 7.15. The standard InChI is InChI=1S/C10H21N3O3S/c1-9(2)12-4-6-13(7-5-12)10(14)8-11-17(3,15)16/h9,11H,4-8H2,1-3H3. The maximum absolute atomic E-state index is 11.7. The van der Waals surface area contributed by atoms with E-state index in [1.54, 1.807) is 4.90 Å². The van der Waals surface area contributed by atoms with Crippen molar-refractivity contribution < 1.29 is 13.2 Å². The van der Waals surface area contributed by atoms with Gasteiger partial charge in [0, 0.05) is 32.2 Å². The molecule has 0 aliphatic carbocycles. The van der Waals surface area contributed by atoms with Gasteiger partial charge in [0.25, 0.3) is 0 Å². The molecule has 1 heterocycles. The quantitative estimate of drug-likeness (QED) is 0.713. The van der Waals surface area contributed by atoms with E-state index < -0.39 is 10.0 Å². The minimum Gasteiger partial charge on any atom is -0.339 e. The van der Waals surface area contributed by atoms with Gasteiger partial charge in [0.1, 0.15) is 0 Å². The molecule has 0 spiro atoms. The molecule has 1 aliphatic heterocycles. The lowest BCUT2D eigenvalue weighted by molar-refractivity contribution is -0.131. The van der Waals surface area contributed by atoms with Crippen LogP contribution in [-0.2, 0) is 14.8 Å². The van der Waals surface area contributed by atoms with Crippen molar-refractivity contribution in [2.75, 3.05) is 39.0 Å². The summed E-state index contributed by atoms with van der Waals surface area (Å²) < 4.78 is 24.0. The van der Waals surface area contributed by atoms with Crippen LogP contribution in [0.5, 0.6) is 0 Å². The van der Waals surface area contributed by atoms with Crippen LogP contribution in [0.1, 0.15) is 13.8 Å². The number of nitrogens with zero attached hydrogens (tertiary/aromatic N) is 2. The predicted octanol–water partition coefficient (Wildman–Crippen LogP) is -0.912. The van der Waals surface area contributed by atoms with Crippen LogP contribution in [0.2, 0.25) is 0 Å². The summed E-state index contributed by atoms with van der Waals surface area (Å²) >= 11 is 0. The zero-order valence-corrected chi connectivity index (χ0v) is 11.5. The number of rotatable bonds is 4. The molecule has 0 atom stereocenters. The highest BCUT2D eigenvalue weighted by Crippen LogP contribution is 2.05. The van der Waals surface area contributed by atoms with E-state index >= 15 is 0 Å². The van der Waals surface area contributed by atoms with Crippen molar-refractivity contribution in [1.29, 1.82) is 0 Å². The fourth-order valence-corrected chi connectivity index (χ4v) is 2.18. The molecule has 0 radical (unpaired) electrons. The molecule has 6 nitrogen and oxygen atoms in total. The van der Waals surface area contributed by atoms with Crippen LogP contribution in [0, 0.1) is 0 Å². The lowest BCUT2D eigenvalue weighted by atomic mass is 10.2. The van der Waals surface area contributed by atoms with Gasteiger partial charge < -0.3 is 4.90 Å². The van der Waals surface area contributed by atoms with E-state index in [4.69, 9.17) is 0 Å². The molecule has 0 unspecified atom stereocenters. The Morgan fingerprint density at radius 2 is 1.76 bits per heavy atom. The first-order chi connectivity index (χ1) is 7.79. The molecule has 1 saturated heterocycles. The molecule has 0 saturated carbocycles. The Balaban J connectivity index is 2.36. The number of carbonyl (C=O) groups excluding carboxylic acids is 1. The van der Waals surface area contributed by atoms with Crippen LogP contribution < -0.4 is 4.72 Å². The van der Waals surface area contributed by atoms with E-state index in [1.165, 1.54) is 0 Å². The fraction of sp³-hybridized carbons (Fsp3) is 0.900. The molecular formula is C10H21N3O3S. The first-order valence-electron chi connectivity index (χ1n) is 5.76. The maximum Gasteiger partial charge on any atom is 0.237 e. The maximum atomic E-state index is 11.7. The third kappa shape index (κ3) is 5.01. The normalized spacial score (nSPS) is 18.7. The summed E-state index contributed by atoms with van der Waals surface area (Å²) in [7, 11) is -3.29. The monoisotopic (exact) mass is 263 g/mol. The van der Waals surface area contributed by atoms with Crippen LogP contribution in [0.25, 0.3) is 0 Å². The Labute approximate surface area is 103 Å². The Morgan fingerprint density at radius 1 is 1.24 bits per heavy atom. The Bertz CT molecular complexity index is 359. The minimum absolute atomic E-state index is 0.138. The number of piperazine rings is 1. The van der Waals surface area contributed by atoms with Gasteiger partial charge in [0.05, 0.1) is 12.8 Å². The second-order valence-corrected chi connectivity index (χ2v) is 6.44. The molecule has 0 aromatic heterocycles. The first-order valence-corrected chi connectivity index (χ1v) is 7.65. The van der Waals surface area contributed by atoms with Gasteiger partial charge in [-0.15, -0.1) is 0 Å². The number of amides is 1. The largest absolute Gasteiger partial charge is 0.339 e. The van der Waals surface area contributed by atoms with E-state index in [-0.39, 0.29) is 12.5 Å². The molecule has 0 aromatic carbocycles. The van der Waals surface area contributed by atoms with Crippen LogP contribution >= 0.6 is 0 Å². The predicted molar refractivity (Wildman–Crippen MR) is 66.1 cm³/mol. The third-order valence-electron chi connectivity index (χ3n) is 2.88. The highest BCUT2D eigenvalue weighted by atomic mass is 32.2. The van der Waals surface area contributed by atoms with Crippen molar-refractivity contribution >= 4 is 15.9 Å². The molecule has 1 amide bonds. The van der Waals surface area contributed by atoms with Crippen molar-refractivity contribution in [3.8, 4) is 0 Å². The van der Waals surface area contributed by atoms with E-state index in [2.05, 4.69) is 23.5 Å². The summed E-state index contributed by atoms with van der Waals surface area (Å²) in [6, 6.07) is 0.487. The number of nitrogens with one attached hydrogen (secondary N) is 1. The molecule has 17 heavy (non-hydrogen) atoms. The van der Waals surface area contributed by atoms with Gasteiger partial charge in [-0.1, -0.05) is 0 Å². The van der Waals surface area contributed by atoms with E-state index in [9.17, 15) is 13.2 Å². The summed E-state index contributed by atoms with van der Waals surface area (Å²) in [5, 5.41) is 0. The van der Waals surface area contributed by atoms with Crippen LogP contribution in [0.15, 0.2) is 0 Å². The molecule has 1 fully saturated rings. The molecule has 1 rings (SSSR count). The van der Waals surface area contributed by atoms with Gasteiger partial charge in [-0.25, -0.2) is 13.1 Å². The molecule has 1 aliphatic rings. The van der Waals surface area contributed by atoms with E-state index in [0.29, 0.717) is 19.1 Å². The average Bonchev–Trinajstić information content (AvgIpc) is 2.25. The topological polar surface area (TPSA) is 69.7 Å². The van der Waals surface area contributed by atoms with Gasteiger partial charge in [-0.05, 0) is 13.8 Å². The lowest BCUT2D eigenvalue weighted by Crippen LogP contribution is -2.52. The highest BCUT2D eigenvalue weighted by Gasteiger charge is 2.22. The van der Waals surface area contributed by atoms with Crippen molar-refractivity contribution in [2.24, 2.45) is 0 Å². The first kappa shape index (κ1) is 14.4. The van der Waals surface area contributed by atoms with Crippen LogP contribution in [0.3, 0.4) is 0 Å².